The van der Waals surface area contributed by atoms with E-state index < -0.39 is 41.7 Å². The molecule has 0 aliphatic heterocycles. The normalized spacial score (nSPS) is 13.4. The third kappa shape index (κ3) is 5.91. The van der Waals surface area contributed by atoms with Crippen LogP contribution in [0.1, 0.15) is 31.5 Å². The minimum Gasteiger partial charge on any atom is -0.324 e. The van der Waals surface area contributed by atoms with Crippen molar-refractivity contribution in [3.8, 4) is 0 Å². The molecule has 0 spiro atoms. The van der Waals surface area contributed by atoms with Gasteiger partial charge in [0.1, 0.15) is 6.54 Å². The Hall–Kier alpha value is -2.17. The number of halogens is 6. The van der Waals surface area contributed by atoms with E-state index in [9.17, 15) is 31.1 Å². The predicted octanol–water partition coefficient (Wildman–Crippen LogP) is 5.45. The standard InChI is InChI=1S/C17H17F6N3OS/c1-3-10(2)28-11-4-5-13(12(8-11)16(18,19)20)24-15(27)9-26-7-6-14(25-26)17(21,22)23/h4-8,10H,3,9H2,1-2H3,(H,24,27). The Kier molecular flexibility index (Phi) is 6.68. The lowest BCUT2D eigenvalue weighted by molar-refractivity contribution is -0.141. The highest BCUT2D eigenvalue weighted by Crippen LogP contribution is 2.38. The highest BCUT2D eigenvalue weighted by atomic mass is 32.2. The summed E-state index contributed by atoms with van der Waals surface area (Å²) in [5, 5.41) is 5.41. The van der Waals surface area contributed by atoms with Gasteiger partial charge in [-0.25, -0.2) is 0 Å². The van der Waals surface area contributed by atoms with Crippen LogP contribution in [-0.4, -0.2) is 20.9 Å². The monoisotopic (exact) mass is 425 g/mol. The maximum Gasteiger partial charge on any atom is 0.435 e. The van der Waals surface area contributed by atoms with Gasteiger partial charge in [0, 0.05) is 16.3 Å². The van der Waals surface area contributed by atoms with Gasteiger partial charge in [-0.15, -0.1) is 11.8 Å². The van der Waals surface area contributed by atoms with Crippen molar-refractivity contribution in [2.75, 3.05) is 5.32 Å². The van der Waals surface area contributed by atoms with Crippen molar-refractivity contribution in [2.45, 2.75) is 49.3 Å². The third-order valence-corrected chi connectivity index (χ3v) is 4.98. The second kappa shape index (κ2) is 8.46. The van der Waals surface area contributed by atoms with Crippen LogP contribution in [0.3, 0.4) is 0 Å². The number of anilines is 1. The summed E-state index contributed by atoms with van der Waals surface area (Å²) in [6, 6.07) is 4.21. The van der Waals surface area contributed by atoms with Gasteiger partial charge in [0.05, 0.1) is 11.3 Å². The van der Waals surface area contributed by atoms with Crippen LogP contribution >= 0.6 is 11.8 Å². The molecule has 1 unspecified atom stereocenters. The molecule has 2 rings (SSSR count). The zero-order valence-corrected chi connectivity index (χ0v) is 15.7. The fourth-order valence-electron chi connectivity index (χ4n) is 2.19. The van der Waals surface area contributed by atoms with Gasteiger partial charge < -0.3 is 5.32 Å². The summed E-state index contributed by atoms with van der Waals surface area (Å²) in [5.74, 6) is -0.926. The van der Waals surface area contributed by atoms with Crippen LogP contribution in [0.2, 0.25) is 0 Å². The van der Waals surface area contributed by atoms with Crippen molar-refractivity contribution < 1.29 is 31.1 Å². The summed E-state index contributed by atoms with van der Waals surface area (Å²) in [4.78, 5) is 12.4. The molecule has 4 nitrogen and oxygen atoms in total. The van der Waals surface area contributed by atoms with Gasteiger partial charge in [0.2, 0.25) is 5.91 Å². The van der Waals surface area contributed by atoms with Gasteiger partial charge in [-0.1, -0.05) is 13.8 Å². The summed E-state index contributed by atoms with van der Waals surface area (Å²) in [6.45, 7) is 3.14. The molecule has 2 aromatic rings. The van der Waals surface area contributed by atoms with Crippen LogP contribution in [-0.2, 0) is 23.7 Å². The SMILES string of the molecule is CCC(C)Sc1ccc(NC(=O)Cn2ccc(C(F)(F)F)n2)c(C(F)(F)F)c1. The Morgan fingerprint density at radius 2 is 1.86 bits per heavy atom. The van der Waals surface area contributed by atoms with Gasteiger partial charge in [0.25, 0.3) is 0 Å². The zero-order valence-electron chi connectivity index (χ0n) is 14.9. The second-order valence-electron chi connectivity index (χ2n) is 5.99. The van der Waals surface area contributed by atoms with Gasteiger partial charge in [0.15, 0.2) is 5.69 Å². The van der Waals surface area contributed by atoms with Gasteiger partial charge in [-0.05, 0) is 30.7 Å². The number of nitrogens with one attached hydrogen (secondary N) is 1. The first kappa shape index (κ1) is 22.1. The number of benzene rings is 1. The molecule has 1 amide bonds. The average Bonchev–Trinajstić information content (AvgIpc) is 3.03. The summed E-state index contributed by atoms with van der Waals surface area (Å²) in [6.07, 6.45) is -7.68. The quantitative estimate of drug-likeness (QED) is 0.495. The maximum atomic E-state index is 13.4. The van der Waals surface area contributed by atoms with Crippen molar-refractivity contribution in [1.82, 2.24) is 9.78 Å². The molecule has 1 aromatic heterocycles. The van der Waals surface area contributed by atoms with Crippen LogP contribution < -0.4 is 5.32 Å². The Balaban J connectivity index is 2.17. The van der Waals surface area contributed by atoms with E-state index in [1.54, 1.807) is 0 Å². The summed E-state index contributed by atoms with van der Waals surface area (Å²) < 4.78 is 78.3. The molecule has 1 aromatic carbocycles. The molecular weight excluding hydrogens is 408 g/mol. The largest absolute Gasteiger partial charge is 0.435 e. The molecule has 0 radical (unpaired) electrons. The highest BCUT2D eigenvalue weighted by Gasteiger charge is 2.35. The molecule has 0 saturated heterocycles. The molecule has 0 saturated carbocycles. The lowest BCUT2D eigenvalue weighted by Crippen LogP contribution is -2.22. The number of carbonyl (C=O) groups is 1. The molecule has 154 valence electrons. The molecule has 0 fully saturated rings. The molecule has 1 heterocycles. The third-order valence-electron chi connectivity index (χ3n) is 3.72. The van der Waals surface area contributed by atoms with Gasteiger partial charge in [-0.3, -0.25) is 9.48 Å². The smallest absolute Gasteiger partial charge is 0.324 e. The number of nitrogens with zero attached hydrogens (tertiary/aromatic N) is 2. The molecule has 1 N–H and O–H groups in total. The maximum absolute atomic E-state index is 13.4. The number of thioether (sulfide) groups is 1. The lowest BCUT2D eigenvalue weighted by atomic mass is 10.1. The van der Waals surface area contributed by atoms with E-state index in [1.807, 2.05) is 13.8 Å². The summed E-state index contributed by atoms with van der Waals surface area (Å²) in [7, 11) is 0. The molecule has 28 heavy (non-hydrogen) atoms. The van der Waals surface area contributed by atoms with E-state index in [2.05, 4.69) is 10.4 Å². The second-order valence-corrected chi connectivity index (χ2v) is 7.50. The van der Waals surface area contributed by atoms with Crippen molar-refractivity contribution >= 4 is 23.4 Å². The minimum absolute atomic E-state index is 0.115. The predicted molar refractivity (Wildman–Crippen MR) is 92.9 cm³/mol. The molecule has 1 atom stereocenters. The first-order valence-electron chi connectivity index (χ1n) is 8.18. The van der Waals surface area contributed by atoms with E-state index in [1.165, 1.54) is 17.8 Å². The molecule has 0 bridgehead atoms. The van der Waals surface area contributed by atoms with E-state index in [-0.39, 0.29) is 5.25 Å². The Morgan fingerprint density at radius 1 is 1.18 bits per heavy atom. The number of aromatic nitrogens is 2. The van der Waals surface area contributed by atoms with Crippen molar-refractivity contribution in [2.24, 2.45) is 0 Å². The Bertz CT molecular complexity index is 831. The molecular formula is C17H17F6N3OS. The van der Waals surface area contributed by atoms with Gasteiger partial charge >= 0.3 is 12.4 Å². The Morgan fingerprint density at radius 3 is 2.39 bits per heavy atom. The van der Waals surface area contributed by atoms with Crippen LogP contribution in [0.15, 0.2) is 35.4 Å². The van der Waals surface area contributed by atoms with Crippen LogP contribution in [0.4, 0.5) is 32.0 Å². The highest BCUT2D eigenvalue weighted by molar-refractivity contribution is 7.99. The van der Waals surface area contributed by atoms with E-state index in [0.29, 0.717) is 15.6 Å². The van der Waals surface area contributed by atoms with E-state index in [0.717, 1.165) is 24.8 Å². The molecule has 11 heteroatoms. The van der Waals surface area contributed by atoms with Crippen molar-refractivity contribution in [3.63, 3.8) is 0 Å². The number of amides is 1. The van der Waals surface area contributed by atoms with E-state index >= 15 is 0 Å². The van der Waals surface area contributed by atoms with E-state index in [4.69, 9.17) is 0 Å². The molecule has 0 aliphatic rings. The number of hydrogen-bond donors (Lipinski definition) is 1. The van der Waals surface area contributed by atoms with Crippen LogP contribution in [0.25, 0.3) is 0 Å². The summed E-state index contributed by atoms with van der Waals surface area (Å²) in [5.41, 5.74) is -2.68. The first-order chi connectivity index (χ1) is 12.9. The zero-order chi connectivity index (χ0) is 21.1. The summed E-state index contributed by atoms with van der Waals surface area (Å²) >= 11 is 1.28. The lowest BCUT2D eigenvalue weighted by Gasteiger charge is -2.16. The van der Waals surface area contributed by atoms with Crippen LogP contribution in [0.5, 0.6) is 0 Å². The number of hydrogen-bond acceptors (Lipinski definition) is 3. The fraction of sp³-hybridized carbons (Fsp3) is 0.412. The average molecular weight is 425 g/mol. The van der Waals surface area contributed by atoms with Gasteiger partial charge in [-0.2, -0.15) is 31.4 Å². The number of carbonyl (C=O) groups excluding carboxylic acids is 1. The fourth-order valence-corrected chi connectivity index (χ4v) is 3.16. The number of rotatable bonds is 6. The van der Waals surface area contributed by atoms with Crippen LogP contribution in [0, 0.1) is 0 Å². The minimum atomic E-state index is -4.70. The Labute approximate surface area is 161 Å². The van der Waals surface area contributed by atoms with Crippen molar-refractivity contribution in [1.29, 1.82) is 0 Å². The van der Waals surface area contributed by atoms with Crippen molar-refractivity contribution in [3.05, 3.63) is 41.7 Å². The first-order valence-corrected chi connectivity index (χ1v) is 9.06. The molecule has 0 aliphatic carbocycles. The topological polar surface area (TPSA) is 46.9 Å². The number of alkyl halides is 6.